The van der Waals surface area contributed by atoms with Crippen LogP contribution in [0.5, 0.6) is 11.5 Å². The third-order valence-corrected chi connectivity index (χ3v) is 2.96. The molecule has 3 N–H and O–H groups in total. The van der Waals surface area contributed by atoms with Gasteiger partial charge in [0.2, 0.25) is 0 Å². The fourth-order valence-electron chi connectivity index (χ4n) is 2.01. The van der Waals surface area contributed by atoms with Crippen molar-refractivity contribution in [2.45, 2.75) is 13.8 Å². The molecule has 0 atom stereocenters. The lowest BCUT2D eigenvalue weighted by molar-refractivity contribution is 0.102. The average Bonchev–Trinajstić information content (AvgIpc) is 2.51. The molecule has 2 aromatic rings. The van der Waals surface area contributed by atoms with Gasteiger partial charge in [-0.05, 0) is 44.2 Å². The van der Waals surface area contributed by atoms with Gasteiger partial charge in [-0.25, -0.2) is 0 Å². The van der Waals surface area contributed by atoms with Gasteiger partial charge in [0.15, 0.2) is 0 Å². The predicted octanol–water partition coefficient (Wildman–Crippen LogP) is 3.32. The summed E-state index contributed by atoms with van der Waals surface area (Å²) in [6.45, 7) is 4.82. The van der Waals surface area contributed by atoms with Gasteiger partial charge in [-0.2, -0.15) is 0 Å². The molecule has 0 saturated heterocycles. The first kappa shape index (κ1) is 15.7. The summed E-state index contributed by atoms with van der Waals surface area (Å²) >= 11 is 0. The minimum atomic E-state index is -0.229. The molecule has 0 aliphatic carbocycles. The van der Waals surface area contributed by atoms with E-state index in [0.717, 1.165) is 0 Å². The molecule has 0 radical (unpaired) electrons. The molecule has 2 rings (SSSR count). The molecule has 2 aromatic carbocycles. The Morgan fingerprint density at radius 2 is 1.86 bits per heavy atom. The Morgan fingerprint density at radius 3 is 2.59 bits per heavy atom. The molecule has 0 aliphatic rings. The summed E-state index contributed by atoms with van der Waals surface area (Å²) in [5.41, 5.74) is 7.43. The molecule has 0 bridgehead atoms. The number of rotatable bonds is 6. The lowest BCUT2D eigenvalue weighted by atomic mass is 10.2. The third-order valence-electron chi connectivity index (χ3n) is 2.96. The van der Waals surface area contributed by atoms with Crippen LogP contribution in [0.2, 0.25) is 0 Å². The molecule has 1 amide bonds. The first-order valence-corrected chi connectivity index (χ1v) is 7.20. The second kappa shape index (κ2) is 7.36. The van der Waals surface area contributed by atoms with Crippen LogP contribution in [0, 0.1) is 0 Å². The summed E-state index contributed by atoms with van der Waals surface area (Å²) in [4.78, 5) is 12.4. The highest BCUT2D eigenvalue weighted by molar-refractivity contribution is 6.05. The van der Waals surface area contributed by atoms with Crippen LogP contribution in [0.25, 0.3) is 0 Å². The Morgan fingerprint density at radius 1 is 1.09 bits per heavy atom. The number of carbonyl (C=O) groups is 1. The molecular formula is C17H20N2O3. The zero-order chi connectivity index (χ0) is 15.9. The van der Waals surface area contributed by atoms with Crippen LogP contribution in [0.4, 0.5) is 11.4 Å². The van der Waals surface area contributed by atoms with Crippen molar-refractivity contribution in [1.82, 2.24) is 0 Å². The van der Waals surface area contributed by atoms with Crippen molar-refractivity contribution >= 4 is 17.3 Å². The Balaban J connectivity index is 2.19. The van der Waals surface area contributed by atoms with Crippen LogP contribution in [-0.4, -0.2) is 19.1 Å². The molecule has 0 aliphatic heterocycles. The maximum Gasteiger partial charge on any atom is 0.255 e. The molecular weight excluding hydrogens is 280 g/mol. The number of ether oxygens (including phenoxy) is 2. The van der Waals surface area contributed by atoms with E-state index in [2.05, 4.69) is 5.32 Å². The Hall–Kier alpha value is -2.69. The second-order valence-corrected chi connectivity index (χ2v) is 4.60. The van der Waals surface area contributed by atoms with Crippen molar-refractivity contribution in [1.29, 1.82) is 0 Å². The number of benzene rings is 2. The standard InChI is InChI=1S/C17H20N2O3/c1-3-21-14-7-5-6-12(10-14)17(20)19-15-9-8-13(18)11-16(15)22-4-2/h5-11H,3-4,18H2,1-2H3,(H,19,20). The zero-order valence-corrected chi connectivity index (χ0v) is 12.8. The van der Waals surface area contributed by atoms with E-state index < -0.39 is 0 Å². The quantitative estimate of drug-likeness (QED) is 0.803. The van der Waals surface area contributed by atoms with E-state index in [-0.39, 0.29) is 5.91 Å². The van der Waals surface area contributed by atoms with Gasteiger partial charge < -0.3 is 20.5 Å². The van der Waals surface area contributed by atoms with Gasteiger partial charge in [-0.15, -0.1) is 0 Å². The predicted molar refractivity (Wildman–Crippen MR) is 87.6 cm³/mol. The van der Waals surface area contributed by atoms with Crippen LogP contribution in [0.3, 0.4) is 0 Å². The topological polar surface area (TPSA) is 73.6 Å². The van der Waals surface area contributed by atoms with Crippen LogP contribution in [0.1, 0.15) is 24.2 Å². The highest BCUT2D eigenvalue weighted by Gasteiger charge is 2.11. The van der Waals surface area contributed by atoms with Crippen LogP contribution in [-0.2, 0) is 0 Å². The smallest absolute Gasteiger partial charge is 0.255 e. The second-order valence-electron chi connectivity index (χ2n) is 4.60. The molecule has 5 nitrogen and oxygen atoms in total. The minimum Gasteiger partial charge on any atom is -0.494 e. The van der Waals surface area contributed by atoms with Crippen molar-refractivity contribution in [3.8, 4) is 11.5 Å². The number of hydrogen-bond acceptors (Lipinski definition) is 4. The monoisotopic (exact) mass is 300 g/mol. The van der Waals surface area contributed by atoms with E-state index in [1.807, 2.05) is 19.9 Å². The van der Waals surface area contributed by atoms with E-state index in [1.54, 1.807) is 36.4 Å². The molecule has 0 aromatic heterocycles. The van der Waals surface area contributed by atoms with Crippen molar-refractivity contribution in [3.05, 3.63) is 48.0 Å². The highest BCUT2D eigenvalue weighted by atomic mass is 16.5. The van der Waals surface area contributed by atoms with E-state index >= 15 is 0 Å². The van der Waals surface area contributed by atoms with Gasteiger partial charge in [-0.3, -0.25) is 4.79 Å². The summed E-state index contributed by atoms with van der Waals surface area (Å²) < 4.78 is 10.9. The van der Waals surface area contributed by atoms with E-state index in [1.165, 1.54) is 0 Å². The fraction of sp³-hybridized carbons (Fsp3) is 0.235. The number of nitrogen functional groups attached to an aromatic ring is 1. The molecule has 0 fully saturated rings. The van der Waals surface area contributed by atoms with Crippen molar-refractivity contribution in [3.63, 3.8) is 0 Å². The molecule has 0 heterocycles. The van der Waals surface area contributed by atoms with E-state index in [0.29, 0.717) is 41.7 Å². The van der Waals surface area contributed by atoms with E-state index in [4.69, 9.17) is 15.2 Å². The SMILES string of the molecule is CCOc1cccc(C(=O)Nc2ccc(N)cc2OCC)c1. The fourth-order valence-corrected chi connectivity index (χ4v) is 2.01. The largest absolute Gasteiger partial charge is 0.494 e. The Bertz CT molecular complexity index is 656. The number of nitrogens with two attached hydrogens (primary N) is 1. The molecule has 5 heteroatoms. The summed E-state index contributed by atoms with van der Waals surface area (Å²) in [6, 6.07) is 12.2. The van der Waals surface area contributed by atoms with Crippen molar-refractivity contribution < 1.29 is 14.3 Å². The normalized spacial score (nSPS) is 10.1. The average molecular weight is 300 g/mol. The van der Waals surface area contributed by atoms with E-state index in [9.17, 15) is 4.79 Å². The van der Waals surface area contributed by atoms with Gasteiger partial charge in [0.25, 0.3) is 5.91 Å². The molecule has 116 valence electrons. The first-order valence-electron chi connectivity index (χ1n) is 7.20. The molecule has 22 heavy (non-hydrogen) atoms. The van der Waals surface area contributed by atoms with Crippen molar-refractivity contribution in [2.75, 3.05) is 24.3 Å². The lowest BCUT2D eigenvalue weighted by Gasteiger charge is -2.12. The maximum absolute atomic E-state index is 12.4. The van der Waals surface area contributed by atoms with Crippen molar-refractivity contribution in [2.24, 2.45) is 0 Å². The molecule has 0 saturated carbocycles. The Labute approximate surface area is 130 Å². The number of hydrogen-bond donors (Lipinski definition) is 2. The Kier molecular flexibility index (Phi) is 5.25. The number of anilines is 2. The number of nitrogens with one attached hydrogen (secondary N) is 1. The van der Waals surface area contributed by atoms with Crippen LogP contribution >= 0.6 is 0 Å². The molecule has 0 unspecified atom stereocenters. The highest BCUT2D eigenvalue weighted by Crippen LogP contribution is 2.27. The minimum absolute atomic E-state index is 0.229. The van der Waals surface area contributed by atoms with Crippen LogP contribution < -0.4 is 20.5 Å². The summed E-state index contributed by atoms with van der Waals surface area (Å²) in [5.74, 6) is 0.988. The zero-order valence-electron chi connectivity index (χ0n) is 12.8. The van der Waals surface area contributed by atoms with Gasteiger partial charge in [0.1, 0.15) is 11.5 Å². The number of amides is 1. The maximum atomic E-state index is 12.4. The summed E-state index contributed by atoms with van der Waals surface area (Å²) in [5, 5.41) is 2.83. The van der Waals surface area contributed by atoms with Crippen LogP contribution in [0.15, 0.2) is 42.5 Å². The third kappa shape index (κ3) is 3.91. The summed E-state index contributed by atoms with van der Waals surface area (Å²) in [6.07, 6.45) is 0. The molecule has 0 spiro atoms. The number of carbonyl (C=O) groups excluding carboxylic acids is 1. The van der Waals surface area contributed by atoms with Gasteiger partial charge in [-0.1, -0.05) is 6.07 Å². The van der Waals surface area contributed by atoms with Gasteiger partial charge >= 0.3 is 0 Å². The first-order chi connectivity index (χ1) is 10.6. The van der Waals surface area contributed by atoms with Gasteiger partial charge in [0.05, 0.1) is 18.9 Å². The summed E-state index contributed by atoms with van der Waals surface area (Å²) in [7, 11) is 0. The lowest BCUT2D eigenvalue weighted by Crippen LogP contribution is -2.13. The van der Waals surface area contributed by atoms with Gasteiger partial charge in [0, 0.05) is 17.3 Å².